The molecule has 0 aliphatic carbocycles. The number of aryl methyl sites for hydroxylation is 1. The van der Waals surface area contributed by atoms with Crippen LogP contribution in [0.15, 0.2) is 72.3 Å². The normalized spacial score (nSPS) is 17.1. The van der Waals surface area contributed by atoms with Crippen LogP contribution in [0.1, 0.15) is 61.9 Å². The Hall–Kier alpha value is -4.06. The van der Waals surface area contributed by atoms with Crippen molar-refractivity contribution in [3.8, 4) is 11.5 Å². The zero-order chi connectivity index (χ0) is 26.9. The second-order valence-electron chi connectivity index (χ2n) is 9.85. The maximum Gasteiger partial charge on any atom is 0.300 e. The van der Waals surface area contributed by atoms with E-state index in [4.69, 9.17) is 9.47 Å². The Morgan fingerprint density at radius 2 is 1.57 bits per heavy atom. The number of hydrogen-bond donors (Lipinski definition) is 1. The highest BCUT2D eigenvalue weighted by atomic mass is 16.5. The molecular formula is C31H33NO5. The van der Waals surface area contributed by atoms with Gasteiger partial charge in [0, 0.05) is 5.69 Å². The SMILES string of the molecule is COc1ccc(C)cc1/C(O)=C1\C(=O)C(=O)N(c2ccc(C(C)C)cc2)C1c1ccc(OC(C)C)cc1. The van der Waals surface area contributed by atoms with E-state index in [9.17, 15) is 14.7 Å². The largest absolute Gasteiger partial charge is 0.507 e. The van der Waals surface area contributed by atoms with Crippen LogP contribution < -0.4 is 14.4 Å². The molecule has 1 N–H and O–H groups in total. The monoisotopic (exact) mass is 499 g/mol. The van der Waals surface area contributed by atoms with Crippen LogP contribution in [0.4, 0.5) is 5.69 Å². The summed E-state index contributed by atoms with van der Waals surface area (Å²) in [5.74, 6) is -0.304. The quantitative estimate of drug-likeness (QED) is 0.227. The predicted octanol–water partition coefficient (Wildman–Crippen LogP) is 6.54. The topological polar surface area (TPSA) is 76.1 Å². The number of ketones is 1. The second kappa shape index (κ2) is 10.5. The number of amides is 1. The van der Waals surface area contributed by atoms with Crippen molar-refractivity contribution in [2.45, 2.75) is 52.7 Å². The minimum atomic E-state index is -0.830. The van der Waals surface area contributed by atoms with Gasteiger partial charge in [-0.15, -0.1) is 0 Å². The highest BCUT2D eigenvalue weighted by molar-refractivity contribution is 6.51. The Balaban J connectivity index is 1.91. The third kappa shape index (κ3) is 5.10. The van der Waals surface area contributed by atoms with Crippen LogP contribution >= 0.6 is 0 Å². The predicted molar refractivity (Wildman–Crippen MR) is 145 cm³/mol. The molecule has 1 aliphatic rings. The molecule has 1 fully saturated rings. The Labute approximate surface area is 218 Å². The number of carbonyl (C=O) groups is 2. The number of methoxy groups -OCH3 is 1. The van der Waals surface area contributed by atoms with Crippen LogP contribution in [0.5, 0.6) is 11.5 Å². The van der Waals surface area contributed by atoms with E-state index in [1.807, 2.05) is 75.4 Å². The molecule has 6 heteroatoms. The molecule has 1 unspecified atom stereocenters. The first-order chi connectivity index (χ1) is 17.6. The van der Waals surface area contributed by atoms with Gasteiger partial charge in [0.1, 0.15) is 17.3 Å². The van der Waals surface area contributed by atoms with Crippen molar-refractivity contribution in [2.75, 3.05) is 12.0 Å². The van der Waals surface area contributed by atoms with Crippen LogP contribution in [-0.2, 0) is 9.59 Å². The molecule has 0 saturated carbocycles. The van der Waals surface area contributed by atoms with Crippen molar-refractivity contribution in [1.29, 1.82) is 0 Å². The minimum Gasteiger partial charge on any atom is -0.507 e. The molecule has 3 aromatic rings. The zero-order valence-corrected chi connectivity index (χ0v) is 22.1. The average molecular weight is 500 g/mol. The molecule has 192 valence electrons. The van der Waals surface area contributed by atoms with E-state index in [1.165, 1.54) is 12.0 Å². The molecule has 4 rings (SSSR count). The van der Waals surface area contributed by atoms with Crippen molar-refractivity contribution in [3.05, 3.63) is 94.6 Å². The van der Waals surface area contributed by atoms with Gasteiger partial charge in [-0.25, -0.2) is 0 Å². The summed E-state index contributed by atoms with van der Waals surface area (Å²) in [6, 6.07) is 19.4. The first-order valence-corrected chi connectivity index (χ1v) is 12.4. The van der Waals surface area contributed by atoms with Gasteiger partial charge in [-0.3, -0.25) is 14.5 Å². The number of carbonyl (C=O) groups excluding carboxylic acids is 2. The van der Waals surface area contributed by atoms with Gasteiger partial charge in [-0.1, -0.05) is 49.7 Å². The molecule has 1 atom stereocenters. The molecule has 3 aromatic carbocycles. The lowest BCUT2D eigenvalue weighted by Crippen LogP contribution is -2.29. The summed E-state index contributed by atoms with van der Waals surface area (Å²) < 4.78 is 11.2. The van der Waals surface area contributed by atoms with E-state index in [-0.39, 0.29) is 17.4 Å². The number of Topliss-reactive ketones (excluding diaryl/α,β-unsaturated/α-hetero) is 1. The number of hydrogen-bond acceptors (Lipinski definition) is 5. The standard InChI is InChI=1S/C31H33NO5/c1-18(2)21-8-12-23(13-9-21)32-28(22-10-14-24(15-11-22)37-19(3)4)27(30(34)31(32)35)29(33)25-17-20(5)7-16-26(25)36-6/h7-19,28,33H,1-6H3/b29-27+. The number of nitrogens with zero attached hydrogens (tertiary/aromatic N) is 1. The van der Waals surface area contributed by atoms with Crippen LogP contribution in [0.2, 0.25) is 0 Å². The minimum absolute atomic E-state index is 0.00439. The number of aliphatic hydroxyl groups is 1. The van der Waals surface area contributed by atoms with Gasteiger partial charge in [0.05, 0.1) is 30.4 Å². The molecular weight excluding hydrogens is 466 g/mol. The molecule has 0 spiro atoms. The lowest BCUT2D eigenvalue weighted by atomic mass is 9.94. The maximum absolute atomic E-state index is 13.5. The summed E-state index contributed by atoms with van der Waals surface area (Å²) in [7, 11) is 1.50. The Kier molecular flexibility index (Phi) is 7.39. The molecule has 0 bridgehead atoms. The molecule has 1 heterocycles. The van der Waals surface area contributed by atoms with Crippen molar-refractivity contribution in [2.24, 2.45) is 0 Å². The average Bonchev–Trinajstić information content (AvgIpc) is 3.14. The smallest absolute Gasteiger partial charge is 0.300 e. The van der Waals surface area contributed by atoms with Gasteiger partial charge in [-0.2, -0.15) is 0 Å². The number of benzene rings is 3. The molecule has 37 heavy (non-hydrogen) atoms. The van der Waals surface area contributed by atoms with E-state index < -0.39 is 17.7 Å². The van der Waals surface area contributed by atoms with Gasteiger partial charge in [-0.05, 0) is 74.2 Å². The number of rotatable bonds is 7. The number of aliphatic hydroxyl groups excluding tert-OH is 1. The fraction of sp³-hybridized carbons (Fsp3) is 0.290. The Morgan fingerprint density at radius 1 is 0.919 bits per heavy atom. The summed E-state index contributed by atoms with van der Waals surface area (Å²) in [4.78, 5) is 28.4. The van der Waals surface area contributed by atoms with Crippen LogP contribution in [0, 0.1) is 6.92 Å². The van der Waals surface area contributed by atoms with Gasteiger partial charge in [0.2, 0.25) is 0 Å². The summed E-state index contributed by atoms with van der Waals surface area (Å²) >= 11 is 0. The van der Waals surface area contributed by atoms with Crippen molar-refractivity contribution < 1.29 is 24.2 Å². The van der Waals surface area contributed by atoms with Crippen LogP contribution in [0.3, 0.4) is 0 Å². The van der Waals surface area contributed by atoms with E-state index in [0.29, 0.717) is 34.2 Å². The molecule has 0 aromatic heterocycles. The first-order valence-electron chi connectivity index (χ1n) is 12.4. The Bertz CT molecular complexity index is 1340. The molecule has 0 radical (unpaired) electrons. The lowest BCUT2D eigenvalue weighted by molar-refractivity contribution is -0.132. The number of ether oxygens (including phenoxy) is 2. The van der Waals surface area contributed by atoms with Crippen molar-refractivity contribution in [1.82, 2.24) is 0 Å². The van der Waals surface area contributed by atoms with Gasteiger partial charge < -0.3 is 14.6 Å². The highest BCUT2D eigenvalue weighted by Crippen LogP contribution is 2.44. The van der Waals surface area contributed by atoms with Crippen LogP contribution in [0.25, 0.3) is 5.76 Å². The third-order valence-electron chi connectivity index (χ3n) is 6.46. The first kappa shape index (κ1) is 26.0. The van der Waals surface area contributed by atoms with Gasteiger partial charge in [0.25, 0.3) is 11.7 Å². The molecule has 1 aliphatic heterocycles. The number of anilines is 1. The summed E-state index contributed by atoms with van der Waals surface area (Å²) in [6.07, 6.45) is 0.00439. The summed E-state index contributed by atoms with van der Waals surface area (Å²) in [5.41, 5.74) is 3.63. The fourth-order valence-corrected chi connectivity index (χ4v) is 4.59. The Morgan fingerprint density at radius 3 is 2.14 bits per heavy atom. The van der Waals surface area contributed by atoms with Crippen LogP contribution in [-0.4, -0.2) is 30.0 Å². The second-order valence-corrected chi connectivity index (χ2v) is 9.85. The molecule has 1 saturated heterocycles. The molecule has 1 amide bonds. The van der Waals surface area contributed by atoms with E-state index in [2.05, 4.69) is 13.8 Å². The lowest BCUT2D eigenvalue weighted by Gasteiger charge is -2.26. The van der Waals surface area contributed by atoms with Crippen molar-refractivity contribution in [3.63, 3.8) is 0 Å². The van der Waals surface area contributed by atoms with E-state index in [1.54, 1.807) is 12.1 Å². The van der Waals surface area contributed by atoms with E-state index >= 15 is 0 Å². The highest BCUT2D eigenvalue weighted by Gasteiger charge is 2.47. The van der Waals surface area contributed by atoms with Gasteiger partial charge in [0.15, 0.2) is 0 Å². The summed E-state index contributed by atoms with van der Waals surface area (Å²) in [6.45, 7) is 9.96. The van der Waals surface area contributed by atoms with E-state index in [0.717, 1.165) is 11.1 Å². The molecule has 6 nitrogen and oxygen atoms in total. The van der Waals surface area contributed by atoms with Gasteiger partial charge >= 0.3 is 0 Å². The fourth-order valence-electron chi connectivity index (χ4n) is 4.59. The zero-order valence-electron chi connectivity index (χ0n) is 22.1. The summed E-state index contributed by atoms with van der Waals surface area (Å²) in [5, 5.41) is 11.5. The third-order valence-corrected chi connectivity index (χ3v) is 6.46. The maximum atomic E-state index is 13.5. The van der Waals surface area contributed by atoms with Crippen molar-refractivity contribution >= 4 is 23.1 Å².